The van der Waals surface area contributed by atoms with Crippen molar-refractivity contribution in [1.29, 1.82) is 0 Å². The molecule has 17 heavy (non-hydrogen) atoms. The summed E-state index contributed by atoms with van der Waals surface area (Å²) in [5, 5.41) is 11.9. The van der Waals surface area contributed by atoms with Gasteiger partial charge in [0.1, 0.15) is 0 Å². The molecule has 0 spiro atoms. The van der Waals surface area contributed by atoms with E-state index in [1.54, 1.807) is 27.7 Å². The van der Waals surface area contributed by atoms with Gasteiger partial charge in [0.05, 0.1) is 17.0 Å². The van der Waals surface area contributed by atoms with Gasteiger partial charge in [0.25, 0.3) is 0 Å². The van der Waals surface area contributed by atoms with Crippen LogP contribution in [0.4, 0.5) is 0 Å². The normalized spacial score (nSPS) is 14.2. The number of carboxylic acids is 1. The Bertz CT molecular complexity index is 298. The Morgan fingerprint density at radius 1 is 1.29 bits per heavy atom. The molecule has 5 heteroatoms. The van der Waals surface area contributed by atoms with Gasteiger partial charge in [-0.05, 0) is 34.1 Å². The molecule has 0 bridgehead atoms. The topological polar surface area (TPSA) is 92.4 Å². The molecule has 0 saturated carbocycles. The van der Waals surface area contributed by atoms with E-state index >= 15 is 0 Å². The average Bonchev–Trinajstić information content (AvgIpc) is 2.16. The number of hydrogen-bond acceptors (Lipinski definition) is 3. The third-order valence-corrected chi connectivity index (χ3v) is 3.47. The fraction of sp³-hybridized carbons (Fsp3) is 0.833. The van der Waals surface area contributed by atoms with Gasteiger partial charge in [-0.15, -0.1) is 0 Å². The van der Waals surface area contributed by atoms with Crippen LogP contribution in [0.25, 0.3) is 0 Å². The van der Waals surface area contributed by atoms with E-state index in [1.807, 2.05) is 6.92 Å². The smallest absolute Gasteiger partial charge is 0.311 e. The SMILES string of the molecule is CCC[C@H](N)C(=O)NC(C)(C)C(C)(C)C(=O)O. The van der Waals surface area contributed by atoms with Gasteiger partial charge >= 0.3 is 5.97 Å². The molecular weight excluding hydrogens is 220 g/mol. The number of carbonyl (C=O) groups excluding carboxylic acids is 1. The second-order valence-electron chi connectivity index (χ2n) is 5.44. The van der Waals surface area contributed by atoms with Gasteiger partial charge in [-0.2, -0.15) is 0 Å². The van der Waals surface area contributed by atoms with Crippen LogP contribution in [-0.2, 0) is 9.59 Å². The summed E-state index contributed by atoms with van der Waals surface area (Å²) >= 11 is 0. The van der Waals surface area contributed by atoms with Gasteiger partial charge in [-0.1, -0.05) is 13.3 Å². The molecule has 0 aromatic carbocycles. The number of carbonyl (C=O) groups is 2. The van der Waals surface area contributed by atoms with Gasteiger partial charge in [0.2, 0.25) is 5.91 Å². The highest BCUT2D eigenvalue weighted by molar-refractivity contribution is 5.84. The van der Waals surface area contributed by atoms with Crippen molar-refractivity contribution in [3.63, 3.8) is 0 Å². The molecule has 5 nitrogen and oxygen atoms in total. The van der Waals surface area contributed by atoms with Crippen molar-refractivity contribution in [3.05, 3.63) is 0 Å². The van der Waals surface area contributed by atoms with E-state index < -0.39 is 23.0 Å². The maximum Gasteiger partial charge on any atom is 0.311 e. The van der Waals surface area contributed by atoms with Crippen molar-refractivity contribution >= 4 is 11.9 Å². The Kier molecular flexibility index (Phi) is 5.13. The van der Waals surface area contributed by atoms with Crippen LogP contribution >= 0.6 is 0 Å². The van der Waals surface area contributed by atoms with E-state index in [-0.39, 0.29) is 5.91 Å². The molecule has 0 aliphatic rings. The van der Waals surface area contributed by atoms with Crippen LogP contribution in [0, 0.1) is 5.41 Å². The summed E-state index contributed by atoms with van der Waals surface area (Å²) in [6.45, 7) is 8.50. The van der Waals surface area contributed by atoms with Crippen molar-refractivity contribution in [2.45, 2.75) is 59.0 Å². The Labute approximate surface area is 103 Å². The first-order valence-electron chi connectivity index (χ1n) is 5.87. The van der Waals surface area contributed by atoms with Crippen molar-refractivity contribution < 1.29 is 14.7 Å². The lowest BCUT2D eigenvalue weighted by Gasteiger charge is -2.39. The van der Waals surface area contributed by atoms with Crippen LogP contribution in [0.2, 0.25) is 0 Å². The Morgan fingerprint density at radius 3 is 2.12 bits per heavy atom. The highest BCUT2D eigenvalue weighted by atomic mass is 16.4. The molecule has 0 rings (SSSR count). The molecule has 100 valence electrons. The molecule has 0 aromatic rings. The van der Waals surface area contributed by atoms with Crippen molar-refractivity contribution in [2.75, 3.05) is 0 Å². The second kappa shape index (κ2) is 5.49. The lowest BCUT2D eigenvalue weighted by atomic mass is 9.74. The molecule has 4 N–H and O–H groups in total. The van der Waals surface area contributed by atoms with Crippen molar-refractivity contribution in [2.24, 2.45) is 11.1 Å². The molecular formula is C12H24N2O3. The summed E-state index contributed by atoms with van der Waals surface area (Å²) in [5.74, 6) is -1.25. The molecule has 0 unspecified atom stereocenters. The number of nitrogens with two attached hydrogens (primary N) is 1. The minimum Gasteiger partial charge on any atom is -0.481 e. The van der Waals surface area contributed by atoms with Crippen LogP contribution in [0.15, 0.2) is 0 Å². The van der Waals surface area contributed by atoms with Gasteiger partial charge in [0.15, 0.2) is 0 Å². The first kappa shape index (κ1) is 15.9. The molecule has 1 atom stereocenters. The summed E-state index contributed by atoms with van der Waals surface area (Å²) < 4.78 is 0. The summed E-state index contributed by atoms with van der Waals surface area (Å²) in [6, 6.07) is -0.580. The summed E-state index contributed by atoms with van der Waals surface area (Å²) in [7, 11) is 0. The zero-order valence-electron chi connectivity index (χ0n) is 11.3. The van der Waals surface area contributed by atoms with Crippen molar-refractivity contribution in [1.82, 2.24) is 5.32 Å². The number of carboxylic acid groups (broad SMARTS) is 1. The Balaban J connectivity index is 4.76. The van der Waals surface area contributed by atoms with E-state index in [0.29, 0.717) is 6.42 Å². The van der Waals surface area contributed by atoms with Gasteiger partial charge in [-0.25, -0.2) is 0 Å². The first-order chi connectivity index (χ1) is 7.56. The number of aliphatic carboxylic acids is 1. The Hall–Kier alpha value is -1.10. The highest BCUT2D eigenvalue weighted by Crippen LogP contribution is 2.30. The molecule has 0 aliphatic heterocycles. The van der Waals surface area contributed by atoms with Gasteiger partial charge < -0.3 is 16.2 Å². The van der Waals surface area contributed by atoms with Crippen LogP contribution in [0.3, 0.4) is 0 Å². The zero-order valence-corrected chi connectivity index (χ0v) is 11.3. The maximum atomic E-state index is 11.8. The minimum atomic E-state index is -1.06. The van der Waals surface area contributed by atoms with Crippen LogP contribution in [0.1, 0.15) is 47.5 Å². The molecule has 0 saturated heterocycles. The largest absolute Gasteiger partial charge is 0.481 e. The Morgan fingerprint density at radius 2 is 1.76 bits per heavy atom. The third kappa shape index (κ3) is 3.70. The van der Waals surface area contributed by atoms with E-state index in [0.717, 1.165) is 6.42 Å². The average molecular weight is 244 g/mol. The third-order valence-electron chi connectivity index (χ3n) is 3.47. The lowest BCUT2D eigenvalue weighted by Crippen LogP contribution is -2.59. The number of hydrogen-bond donors (Lipinski definition) is 3. The first-order valence-corrected chi connectivity index (χ1v) is 5.87. The van der Waals surface area contributed by atoms with Crippen molar-refractivity contribution in [3.8, 4) is 0 Å². The summed E-state index contributed by atoms with van der Waals surface area (Å²) in [5.41, 5.74) is 3.77. The van der Waals surface area contributed by atoms with Crippen LogP contribution in [0.5, 0.6) is 0 Å². The number of nitrogens with one attached hydrogen (secondary N) is 1. The molecule has 0 radical (unpaired) electrons. The zero-order chi connectivity index (χ0) is 13.9. The monoisotopic (exact) mass is 244 g/mol. The summed E-state index contributed by atoms with van der Waals surface area (Å²) in [6.07, 6.45) is 1.41. The van der Waals surface area contributed by atoms with E-state index in [1.165, 1.54) is 0 Å². The molecule has 0 aliphatic carbocycles. The predicted molar refractivity (Wildman–Crippen MR) is 66.5 cm³/mol. The number of rotatable bonds is 6. The fourth-order valence-corrected chi connectivity index (χ4v) is 1.27. The lowest BCUT2D eigenvalue weighted by molar-refractivity contribution is -0.151. The van der Waals surface area contributed by atoms with Crippen LogP contribution < -0.4 is 11.1 Å². The quantitative estimate of drug-likeness (QED) is 0.652. The standard InChI is InChI=1S/C12H24N2O3/c1-6-7-8(13)9(15)14-12(4,5)11(2,3)10(16)17/h8H,6-7,13H2,1-5H3,(H,14,15)(H,16,17)/t8-/m0/s1. The molecule has 0 heterocycles. The fourth-order valence-electron chi connectivity index (χ4n) is 1.27. The van der Waals surface area contributed by atoms with E-state index in [9.17, 15) is 9.59 Å². The minimum absolute atomic E-state index is 0.300. The maximum absolute atomic E-state index is 11.8. The highest BCUT2D eigenvalue weighted by Gasteiger charge is 2.44. The number of amides is 1. The predicted octanol–water partition coefficient (Wildman–Crippen LogP) is 1.12. The second-order valence-corrected chi connectivity index (χ2v) is 5.44. The molecule has 1 amide bonds. The molecule has 0 fully saturated rings. The summed E-state index contributed by atoms with van der Waals surface area (Å²) in [4.78, 5) is 23.0. The van der Waals surface area contributed by atoms with Crippen LogP contribution in [-0.4, -0.2) is 28.6 Å². The van der Waals surface area contributed by atoms with Gasteiger partial charge in [-0.3, -0.25) is 9.59 Å². The van der Waals surface area contributed by atoms with E-state index in [4.69, 9.17) is 10.8 Å². The van der Waals surface area contributed by atoms with Gasteiger partial charge in [0, 0.05) is 0 Å². The van der Waals surface area contributed by atoms with E-state index in [2.05, 4.69) is 5.32 Å². The molecule has 0 aromatic heterocycles.